The van der Waals surface area contributed by atoms with Crippen molar-refractivity contribution < 1.29 is 22.7 Å². The Bertz CT molecular complexity index is 1300. The number of carbonyl (C=O) groups excluding carboxylic acids is 1. The van der Waals surface area contributed by atoms with Crippen molar-refractivity contribution >= 4 is 5.91 Å². The van der Waals surface area contributed by atoms with Gasteiger partial charge in [-0.25, -0.2) is 13.2 Å². The van der Waals surface area contributed by atoms with Crippen LogP contribution in [0.4, 0.5) is 13.2 Å². The zero-order valence-electron chi connectivity index (χ0n) is 17.6. The fourth-order valence-electron chi connectivity index (χ4n) is 3.37. The van der Waals surface area contributed by atoms with Gasteiger partial charge in [-0.1, -0.05) is 18.2 Å². The summed E-state index contributed by atoms with van der Waals surface area (Å²) < 4.78 is 46.3. The lowest BCUT2D eigenvalue weighted by molar-refractivity contribution is 0.0950. The molecule has 0 spiro atoms. The first-order valence-electron chi connectivity index (χ1n) is 10.1. The van der Waals surface area contributed by atoms with Crippen molar-refractivity contribution in [2.45, 2.75) is 13.5 Å². The lowest BCUT2D eigenvalue weighted by Crippen LogP contribution is -2.23. The summed E-state index contributed by atoms with van der Waals surface area (Å²) >= 11 is 0. The van der Waals surface area contributed by atoms with E-state index in [1.54, 1.807) is 55.6 Å². The van der Waals surface area contributed by atoms with E-state index < -0.39 is 17.5 Å². The predicted octanol–water partition coefficient (Wildman–Crippen LogP) is 6.20. The van der Waals surface area contributed by atoms with Gasteiger partial charge in [0.15, 0.2) is 0 Å². The summed E-state index contributed by atoms with van der Waals surface area (Å²) in [5.74, 6) is -1.26. The van der Waals surface area contributed by atoms with Crippen LogP contribution in [0.2, 0.25) is 0 Å². The fourth-order valence-corrected chi connectivity index (χ4v) is 3.37. The van der Waals surface area contributed by atoms with E-state index in [1.165, 1.54) is 12.1 Å². The number of ether oxygens (including phenoxy) is 1. The number of carbonyl (C=O) groups is 1. The third-order valence-corrected chi connectivity index (χ3v) is 4.98. The number of hydrogen-bond donors (Lipinski definition) is 1. The molecule has 0 fully saturated rings. The first-order valence-corrected chi connectivity index (χ1v) is 10.1. The summed E-state index contributed by atoms with van der Waals surface area (Å²) in [6.07, 6.45) is 1.56. The van der Waals surface area contributed by atoms with E-state index >= 15 is 0 Å². The molecular formula is C26H19F3N2O2. The maximum absolute atomic E-state index is 13.5. The second kappa shape index (κ2) is 9.56. The van der Waals surface area contributed by atoms with E-state index in [9.17, 15) is 18.0 Å². The minimum absolute atomic E-state index is 0.0284. The van der Waals surface area contributed by atoms with Crippen LogP contribution in [-0.4, -0.2) is 10.9 Å². The fraction of sp³-hybridized carbons (Fsp3) is 0.0769. The molecule has 4 rings (SSSR count). The molecule has 33 heavy (non-hydrogen) atoms. The van der Waals surface area contributed by atoms with Crippen LogP contribution in [0.3, 0.4) is 0 Å². The molecule has 1 heterocycles. The summed E-state index contributed by atoms with van der Waals surface area (Å²) in [5.41, 5.74) is 2.42. The molecule has 0 bridgehead atoms. The molecule has 3 aromatic carbocycles. The summed E-state index contributed by atoms with van der Waals surface area (Å²) in [4.78, 5) is 16.9. The topological polar surface area (TPSA) is 51.2 Å². The van der Waals surface area contributed by atoms with Crippen LogP contribution in [0.5, 0.6) is 11.5 Å². The first kappa shape index (κ1) is 22.1. The molecule has 7 heteroatoms. The Hall–Kier alpha value is -4.13. The molecule has 4 nitrogen and oxygen atoms in total. The van der Waals surface area contributed by atoms with Crippen LogP contribution in [0.1, 0.15) is 21.5 Å². The van der Waals surface area contributed by atoms with Gasteiger partial charge in [-0.3, -0.25) is 9.78 Å². The van der Waals surface area contributed by atoms with Crippen molar-refractivity contribution in [2.24, 2.45) is 0 Å². The SMILES string of the molecule is Cc1c(Oc2ccnc(-c3cccc(F)c3)c2)cccc1C(=O)NCc1cc(F)cc(F)c1. The van der Waals surface area contributed by atoms with E-state index in [1.807, 2.05) is 0 Å². The number of nitrogens with zero attached hydrogens (tertiary/aromatic N) is 1. The molecule has 0 unspecified atom stereocenters. The monoisotopic (exact) mass is 448 g/mol. The first-order chi connectivity index (χ1) is 15.9. The van der Waals surface area contributed by atoms with Gasteiger partial charge < -0.3 is 10.1 Å². The van der Waals surface area contributed by atoms with Gasteiger partial charge in [0.2, 0.25) is 0 Å². The van der Waals surface area contributed by atoms with E-state index in [2.05, 4.69) is 10.3 Å². The number of pyridine rings is 1. The summed E-state index contributed by atoms with van der Waals surface area (Å²) in [7, 11) is 0. The number of hydrogen-bond acceptors (Lipinski definition) is 3. The van der Waals surface area contributed by atoms with Crippen molar-refractivity contribution in [3.05, 3.63) is 113 Å². The van der Waals surface area contributed by atoms with Crippen LogP contribution in [0, 0.1) is 24.4 Å². The lowest BCUT2D eigenvalue weighted by atomic mass is 10.1. The Morgan fingerprint density at radius 1 is 0.909 bits per heavy atom. The highest BCUT2D eigenvalue weighted by molar-refractivity contribution is 5.96. The van der Waals surface area contributed by atoms with Crippen LogP contribution < -0.4 is 10.1 Å². The van der Waals surface area contributed by atoms with Crippen molar-refractivity contribution in [3.8, 4) is 22.8 Å². The number of halogens is 3. The number of rotatable bonds is 6. The third kappa shape index (κ3) is 5.38. The molecule has 0 saturated carbocycles. The summed E-state index contributed by atoms with van der Waals surface area (Å²) in [5, 5.41) is 2.66. The average Bonchev–Trinajstić information content (AvgIpc) is 2.78. The van der Waals surface area contributed by atoms with E-state index in [0.29, 0.717) is 39.4 Å². The second-order valence-electron chi connectivity index (χ2n) is 7.38. The Kier molecular flexibility index (Phi) is 6.40. The molecule has 1 amide bonds. The van der Waals surface area contributed by atoms with Gasteiger partial charge in [-0.2, -0.15) is 0 Å². The molecule has 1 aromatic heterocycles. The molecule has 0 aliphatic heterocycles. The summed E-state index contributed by atoms with van der Waals surface area (Å²) in [6.45, 7) is 1.71. The van der Waals surface area contributed by atoms with E-state index in [0.717, 1.165) is 18.2 Å². The van der Waals surface area contributed by atoms with Crippen molar-refractivity contribution in [1.29, 1.82) is 0 Å². The number of amides is 1. The Labute approximate surface area is 188 Å². The Morgan fingerprint density at radius 3 is 2.42 bits per heavy atom. The van der Waals surface area contributed by atoms with Gasteiger partial charge in [0, 0.05) is 41.6 Å². The normalized spacial score (nSPS) is 10.7. The zero-order chi connectivity index (χ0) is 23.4. The lowest BCUT2D eigenvalue weighted by Gasteiger charge is -2.13. The van der Waals surface area contributed by atoms with Crippen LogP contribution in [0.25, 0.3) is 11.3 Å². The second-order valence-corrected chi connectivity index (χ2v) is 7.38. The molecule has 0 atom stereocenters. The van der Waals surface area contributed by atoms with Gasteiger partial charge >= 0.3 is 0 Å². The predicted molar refractivity (Wildman–Crippen MR) is 118 cm³/mol. The Morgan fingerprint density at radius 2 is 1.67 bits per heavy atom. The highest BCUT2D eigenvalue weighted by Crippen LogP contribution is 2.29. The van der Waals surface area contributed by atoms with Crippen molar-refractivity contribution in [3.63, 3.8) is 0 Å². The summed E-state index contributed by atoms with van der Waals surface area (Å²) in [6, 6.07) is 17.5. The van der Waals surface area contributed by atoms with Gasteiger partial charge in [0.25, 0.3) is 5.91 Å². The highest BCUT2D eigenvalue weighted by Gasteiger charge is 2.14. The molecule has 4 aromatic rings. The van der Waals surface area contributed by atoms with Crippen LogP contribution in [0.15, 0.2) is 79.0 Å². The van der Waals surface area contributed by atoms with E-state index in [4.69, 9.17) is 4.74 Å². The standard InChI is InChI=1S/C26H19F3N2O2/c1-16-23(26(32)31-15-17-10-20(28)13-21(29)11-17)6-3-7-25(16)33-22-8-9-30-24(14-22)18-4-2-5-19(27)12-18/h2-14H,15H2,1H3,(H,31,32). The number of benzene rings is 3. The molecule has 0 saturated heterocycles. The van der Waals surface area contributed by atoms with Crippen LogP contribution in [-0.2, 0) is 6.54 Å². The zero-order valence-corrected chi connectivity index (χ0v) is 17.6. The molecule has 0 radical (unpaired) electrons. The quantitative estimate of drug-likeness (QED) is 0.382. The molecular weight excluding hydrogens is 429 g/mol. The smallest absolute Gasteiger partial charge is 0.251 e. The average molecular weight is 448 g/mol. The van der Waals surface area contributed by atoms with Gasteiger partial charge in [-0.15, -0.1) is 0 Å². The van der Waals surface area contributed by atoms with Gasteiger partial charge in [-0.05, 0) is 55.0 Å². The molecule has 0 aliphatic carbocycles. The molecule has 0 aliphatic rings. The van der Waals surface area contributed by atoms with Gasteiger partial charge in [0.05, 0.1) is 5.69 Å². The van der Waals surface area contributed by atoms with Crippen LogP contribution >= 0.6 is 0 Å². The maximum atomic E-state index is 13.5. The molecule has 1 N–H and O–H groups in total. The highest BCUT2D eigenvalue weighted by atomic mass is 19.1. The molecule has 166 valence electrons. The largest absolute Gasteiger partial charge is 0.457 e. The number of aromatic nitrogens is 1. The van der Waals surface area contributed by atoms with E-state index in [-0.39, 0.29) is 12.4 Å². The number of nitrogens with one attached hydrogen (secondary N) is 1. The maximum Gasteiger partial charge on any atom is 0.251 e. The van der Waals surface area contributed by atoms with Gasteiger partial charge in [0.1, 0.15) is 29.0 Å². The Balaban J connectivity index is 1.51. The minimum Gasteiger partial charge on any atom is -0.457 e. The van der Waals surface area contributed by atoms with Crippen molar-refractivity contribution in [1.82, 2.24) is 10.3 Å². The third-order valence-electron chi connectivity index (χ3n) is 4.98. The minimum atomic E-state index is -0.708. The van der Waals surface area contributed by atoms with Crippen molar-refractivity contribution in [2.75, 3.05) is 0 Å².